The molecule has 0 aliphatic rings. The second kappa shape index (κ2) is 9.16. The minimum atomic E-state index is -5.10. The summed E-state index contributed by atoms with van der Waals surface area (Å²) in [7, 11) is 0. The third-order valence-corrected chi connectivity index (χ3v) is 5.80. The monoisotopic (exact) mass is 485 g/mol. The van der Waals surface area contributed by atoms with Crippen LogP contribution in [0.4, 0.5) is 28.9 Å². The number of rotatable bonds is 7. The predicted molar refractivity (Wildman–Crippen MR) is 127 cm³/mol. The molecular weight excluding hydrogens is 462 g/mol. The van der Waals surface area contributed by atoms with E-state index in [1.807, 2.05) is 0 Å². The summed E-state index contributed by atoms with van der Waals surface area (Å²) in [6.07, 6.45) is -3.83. The standard InChI is InChI=1S/C26H23F4N3O2/c1-16(34)14-33-15-22(21-4-2-3-5-24(21)33)25(35,26(28,29)30)18-6-11-23(17(12-18)13-31)32-20-9-7-19(27)8-10-20/h2-13,15-16,31-32,34-35H,14H2,1H3/t16-,25?/m1/s1. The van der Waals surface area contributed by atoms with Crippen molar-refractivity contribution >= 4 is 28.5 Å². The summed E-state index contributed by atoms with van der Waals surface area (Å²) in [5.74, 6) is -0.442. The summed E-state index contributed by atoms with van der Waals surface area (Å²) in [4.78, 5) is 0. The molecule has 4 N–H and O–H groups in total. The lowest BCUT2D eigenvalue weighted by atomic mass is 9.84. The van der Waals surface area contributed by atoms with Gasteiger partial charge in [-0.25, -0.2) is 4.39 Å². The van der Waals surface area contributed by atoms with E-state index in [2.05, 4.69) is 5.32 Å². The number of nitrogens with one attached hydrogen (secondary N) is 2. The Balaban J connectivity index is 1.86. The van der Waals surface area contributed by atoms with Gasteiger partial charge in [0.15, 0.2) is 0 Å². The summed E-state index contributed by atoms with van der Waals surface area (Å²) < 4.78 is 58.4. The van der Waals surface area contributed by atoms with Gasteiger partial charge in [-0.15, -0.1) is 0 Å². The highest BCUT2D eigenvalue weighted by atomic mass is 19.4. The molecule has 0 saturated heterocycles. The molecule has 1 aromatic heterocycles. The van der Waals surface area contributed by atoms with Crippen molar-refractivity contribution in [2.75, 3.05) is 5.32 Å². The van der Waals surface area contributed by atoms with Crippen molar-refractivity contribution < 1.29 is 27.8 Å². The summed E-state index contributed by atoms with van der Waals surface area (Å²) in [6, 6.07) is 15.3. The first kappa shape index (κ1) is 24.4. The average molecular weight is 485 g/mol. The Morgan fingerprint density at radius 3 is 2.37 bits per heavy atom. The number of anilines is 2. The number of para-hydroxylation sites is 1. The van der Waals surface area contributed by atoms with Gasteiger partial charge in [0.25, 0.3) is 0 Å². The van der Waals surface area contributed by atoms with Gasteiger partial charge in [0, 0.05) is 52.4 Å². The van der Waals surface area contributed by atoms with Crippen LogP contribution >= 0.6 is 0 Å². The Labute approximate surface area is 198 Å². The maximum Gasteiger partial charge on any atom is 0.425 e. The van der Waals surface area contributed by atoms with Crippen LogP contribution in [-0.4, -0.2) is 33.3 Å². The number of aromatic nitrogens is 1. The summed E-state index contributed by atoms with van der Waals surface area (Å²) >= 11 is 0. The molecule has 182 valence electrons. The van der Waals surface area contributed by atoms with Crippen LogP contribution in [0.1, 0.15) is 23.6 Å². The van der Waals surface area contributed by atoms with Crippen molar-refractivity contribution in [2.24, 2.45) is 0 Å². The van der Waals surface area contributed by atoms with Crippen LogP contribution in [0.15, 0.2) is 72.9 Å². The minimum Gasteiger partial charge on any atom is -0.392 e. The molecule has 0 radical (unpaired) electrons. The van der Waals surface area contributed by atoms with E-state index in [9.17, 15) is 27.8 Å². The van der Waals surface area contributed by atoms with Gasteiger partial charge in [0.1, 0.15) is 5.82 Å². The van der Waals surface area contributed by atoms with E-state index in [0.29, 0.717) is 16.9 Å². The Bertz CT molecular complexity index is 1360. The molecule has 4 rings (SSSR count). The minimum absolute atomic E-state index is 0.0424. The maximum atomic E-state index is 14.6. The van der Waals surface area contributed by atoms with Gasteiger partial charge in [-0.05, 0) is 55.0 Å². The van der Waals surface area contributed by atoms with Crippen LogP contribution in [0.5, 0.6) is 0 Å². The van der Waals surface area contributed by atoms with E-state index in [0.717, 1.165) is 18.3 Å². The fraction of sp³-hybridized carbons (Fsp3) is 0.192. The number of nitrogens with zero attached hydrogens (tertiary/aromatic N) is 1. The zero-order valence-electron chi connectivity index (χ0n) is 18.6. The van der Waals surface area contributed by atoms with Crippen molar-refractivity contribution in [3.63, 3.8) is 0 Å². The molecule has 5 nitrogen and oxygen atoms in total. The van der Waals surface area contributed by atoms with Crippen LogP contribution in [0.25, 0.3) is 10.9 Å². The second-order valence-corrected chi connectivity index (χ2v) is 8.35. The van der Waals surface area contributed by atoms with Crippen molar-refractivity contribution in [2.45, 2.75) is 31.3 Å². The lowest BCUT2D eigenvalue weighted by Gasteiger charge is -2.31. The Morgan fingerprint density at radius 1 is 1.06 bits per heavy atom. The SMILES string of the molecule is C[C@@H](O)Cn1cc(C(O)(c2ccc(Nc3ccc(F)cc3)c(C=N)c2)C(F)(F)F)c2ccccc21. The molecule has 2 atom stereocenters. The van der Waals surface area contributed by atoms with Gasteiger partial charge >= 0.3 is 6.18 Å². The number of halogens is 4. The molecule has 0 fully saturated rings. The third-order valence-electron chi connectivity index (χ3n) is 5.80. The predicted octanol–water partition coefficient (Wildman–Crippen LogP) is 5.70. The van der Waals surface area contributed by atoms with Crippen LogP contribution in [-0.2, 0) is 12.1 Å². The summed E-state index contributed by atoms with van der Waals surface area (Å²) in [5.41, 5.74) is -2.89. The first-order chi connectivity index (χ1) is 16.5. The van der Waals surface area contributed by atoms with Gasteiger partial charge in [0.05, 0.1) is 6.10 Å². The number of benzene rings is 3. The summed E-state index contributed by atoms with van der Waals surface area (Å²) in [6.45, 7) is 1.56. The molecular formula is C26H23F4N3O2. The Kier molecular flexibility index (Phi) is 6.40. The van der Waals surface area contributed by atoms with Crippen molar-refractivity contribution in [3.05, 3.63) is 95.4 Å². The first-order valence-corrected chi connectivity index (χ1v) is 10.8. The highest BCUT2D eigenvalue weighted by molar-refractivity contribution is 5.89. The van der Waals surface area contributed by atoms with Gasteiger partial charge in [-0.3, -0.25) is 0 Å². The number of hydrogen-bond donors (Lipinski definition) is 4. The quantitative estimate of drug-likeness (QED) is 0.200. The zero-order valence-corrected chi connectivity index (χ0v) is 18.6. The van der Waals surface area contributed by atoms with E-state index in [4.69, 9.17) is 5.41 Å². The molecule has 9 heteroatoms. The number of aliphatic hydroxyl groups is 2. The van der Waals surface area contributed by atoms with Gasteiger partial charge in [-0.2, -0.15) is 13.2 Å². The highest BCUT2D eigenvalue weighted by Gasteiger charge is 2.57. The van der Waals surface area contributed by atoms with Crippen LogP contribution in [0.2, 0.25) is 0 Å². The highest BCUT2D eigenvalue weighted by Crippen LogP contribution is 2.47. The Hall–Kier alpha value is -3.69. The zero-order chi connectivity index (χ0) is 25.4. The van der Waals surface area contributed by atoms with Crippen molar-refractivity contribution in [1.82, 2.24) is 4.57 Å². The van der Waals surface area contributed by atoms with Crippen molar-refractivity contribution in [3.8, 4) is 0 Å². The molecule has 1 heterocycles. The topological polar surface area (TPSA) is 81.3 Å². The van der Waals surface area contributed by atoms with Gasteiger partial charge < -0.3 is 25.5 Å². The molecule has 0 bridgehead atoms. The van der Waals surface area contributed by atoms with E-state index >= 15 is 0 Å². The molecule has 1 unspecified atom stereocenters. The van der Waals surface area contributed by atoms with Gasteiger partial charge in [-0.1, -0.05) is 24.3 Å². The number of alkyl halides is 3. The molecule has 35 heavy (non-hydrogen) atoms. The van der Waals surface area contributed by atoms with Crippen LogP contribution in [0, 0.1) is 11.2 Å². The van der Waals surface area contributed by atoms with Crippen LogP contribution < -0.4 is 5.32 Å². The van der Waals surface area contributed by atoms with E-state index in [1.165, 1.54) is 54.1 Å². The molecule has 0 saturated carbocycles. The van der Waals surface area contributed by atoms with E-state index in [-0.39, 0.29) is 23.1 Å². The summed E-state index contributed by atoms with van der Waals surface area (Å²) in [5, 5.41) is 32.0. The molecule has 0 amide bonds. The fourth-order valence-electron chi connectivity index (χ4n) is 4.15. The Morgan fingerprint density at radius 2 is 1.74 bits per heavy atom. The van der Waals surface area contributed by atoms with Gasteiger partial charge in [0.2, 0.25) is 5.60 Å². The normalized spacial score (nSPS) is 14.5. The van der Waals surface area contributed by atoms with Crippen molar-refractivity contribution in [1.29, 1.82) is 5.41 Å². The third kappa shape index (κ3) is 4.52. The van der Waals surface area contributed by atoms with E-state index in [1.54, 1.807) is 18.2 Å². The largest absolute Gasteiger partial charge is 0.425 e. The number of fused-ring (bicyclic) bond motifs is 1. The molecule has 0 aliphatic carbocycles. The smallest absolute Gasteiger partial charge is 0.392 e. The molecule has 3 aromatic carbocycles. The van der Waals surface area contributed by atoms with E-state index < -0.39 is 29.3 Å². The number of aliphatic hydroxyl groups excluding tert-OH is 1. The lowest BCUT2D eigenvalue weighted by molar-refractivity contribution is -0.247. The first-order valence-electron chi connectivity index (χ1n) is 10.8. The molecule has 4 aromatic rings. The maximum absolute atomic E-state index is 14.6. The lowest BCUT2D eigenvalue weighted by Crippen LogP contribution is -2.43. The average Bonchev–Trinajstić information content (AvgIpc) is 3.17. The number of hydrogen-bond acceptors (Lipinski definition) is 4. The van der Waals surface area contributed by atoms with Crippen LogP contribution in [0.3, 0.4) is 0 Å². The second-order valence-electron chi connectivity index (χ2n) is 8.35. The fourth-order valence-corrected chi connectivity index (χ4v) is 4.15. The molecule has 0 aliphatic heterocycles. The molecule has 0 spiro atoms.